The molecule has 2 nitrogen and oxygen atoms in total. The molecule has 0 aliphatic heterocycles. The molecule has 1 aromatic carbocycles. The second-order valence-corrected chi connectivity index (χ2v) is 3.95. The SMILES string of the molecule is CC(C)CN(C)C(=O)c1ccccc1. The molecule has 0 radical (unpaired) electrons. The minimum Gasteiger partial charge on any atom is -0.341 e. The Morgan fingerprint density at radius 3 is 2.36 bits per heavy atom. The van der Waals surface area contributed by atoms with Crippen LogP contribution < -0.4 is 0 Å². The van der Waals surface area contributed by atoms with Gasteiger partial charge in [-0.2, -0.15) is 0 Å². The van der Waals surface area contributed by atoms with Crippen molar-refractivity contribution in [3.05, 3.63) is 35.9 Å². The number of benzene rings is 1. The summed E-state index contributed by atoms with van der Waals surface area (Å²) in [6, 6.07) is 9.38. The lowest BCUT2D eigenvalue weighted by atomic mass is 10.1. The smallest absolute Gasteiger partial charge is 0.253 e. The van der Waals surface area contributed by atoms with Crippen molar-refractivity contribution in [2.24, 2.45) is 5.92 Å². The highest BCUT2D eigenvalue weighted by atomic mass is 16.2. The standard InChI is InChI=1S/C12H17NO/c1-10(2)9-13(3)12(14)11-7-5-4-6-8-11/h4-8,10H,9H2,1-3H3. The Bertz CT molecular complexity index is 292. The van der Waals surface area contributed by atoms with E-state index in [1.807, 2.05) is 37.4 Å². The molecule has 0 unspecified atom stereocenters. The van der Waals surface area contributed by atoms with Crippen molar-refractivity contribution in [3.63, 3.8) is 0 Å². The second-order valence-electron chi connectivity index (χ2n) is 3.95. The first-order valence-corrected chi connectivity index (χ1v) is 4.91. The van der Waals surface area contributed by atoms with Gasteiger partial charge in [0.15, 0.2) is 0 Å². The van der Waals surface area contributed by atoms with Gasteiger partial charge in [-0.05, 0) is 18.1 Å². The maximum absolute atomic E-state index is 11.8. The predicted octanol–water partition coefficient (Wildman–Crippen LogP) is 2.41. The van der Waals surface area contributed by atoms with E-state index in [2.05, 4.69) is 13.8 Å². The highest BCUT2D eigenvalue weighted by molar-refractivity contribution is 5.93. The summed E-state index contributed by atoms with van der Waals surface area (Å²) in [5, 5.41) is 0. The molecule has 0 aromatic heterocycles. The summed E-state index contributed by atoms with van der Waals surface area (Å²) >= 11 is 0. The van der Waals surface area contributed by atoms with Crippen molar-refractivity contribution >= 4 is 5.91 Å². The van der Waals surface area contributed by atoms with E-state index in [1.54, 1.807) is 4.90 Å². The van der Waals surface area contributed by atoms with Gasteiger partial charge in [0.1, 0.15) is 0 Å². The van der Waals surface area contributed by atoms with Gasteiger partial charge in [0.2, 0.25) is 0 Å². The number of hydrogen-bond donors (Lipinski definition) is 0. The summed E-state index contributed by atoms with van der Waals surface area (Å²) in [4.78, 5) is 13.6. The largest absolute Gasteiger partial charge is 0.341 e. The third-order valence-electron chi connectivity index (χ3n) is 2.01. The molecule has 0 bridgehead atoms. The zero-order valence-corrected chi connectivity index (χ0v) is 9.03. The number of rotatable bonds is 3. The lowest BCUT2D eigenvalue weighted by molar-refractivity contribution is 0.0779. The summed E-state index contributed by atoms with van der Waals surface area (Å²) in [5.74, 6) is 0.604. The van der Waals surface area contributed by atoms with Gasteiger partial charge in [-0.15, -0.1) is 0 Å². The van der Waals surface area contributed by atoms with Crippen LogP contribution >= 0.6 is 0 Å². The normalized spacial score (nSPS) is 10.3. The van der Waals surface area contributed by atoms with Crippen molar-refractivity contribution < 1.29 is 4.79 Å². The number of hydrogen-bond acceptors (Lipinski definition) is 1. The molecule has 0 aliphatic carbocycles. The van der Waals surface area contributed by atoms with Crippen LogP contribution in [0.1, 0.15) is 24.2 Å². The van der Waals surface area contributed by atoms with Gasteiger partial charge in [-0.25, -0.2) is 0 Å². The van der Waals surface area contributed by atoms with E-state index in [-0.39, 0.29) is 5.91 Å². The first-order chi connectivity index (χ1) is 6.61. The number of carbonyl (C=O) groups excluding carboxylic acids is 1. The third-order valence-corrected chi connectivity index (χ3v) is 2.01. The molecule has 0 saturated heterocycles. The van der Waals surface area contributed by atoms with Gasteiger partial charge < -0.3 is 4.90 Å². The monoisotopic (exact) mass is 191 g/mol. The van der Waals surface area contributed by atoms with Crippen LogP contribution in [0.5, 0.6) is 0 Å². The highest BCUT2D eigenvalue weighted by Gasteiger charge is 2.11. The Morgan fingerprint density at radius 2 is 1.86 bits per heavy atom. The van der Waals surface area contributed by atoms with Gasteiger partial charge in [-0.1, -0.05) is 32.0 Å². The molecule has 2 heteroatoms. The maximum atomic E-state index is 11.8. The first kappa shape index (κ1) is 10.8. The van der Waals surface area contributed by atoms with Crippen molar-refractivity contribution in [2.75, 3.05) is 13.6 Å². The van der Waals surface area contributed by atoms with Crippen LogP contribution in [0.15, 0.2) is 30.3 Å². The molecule has 0 spiro atoms. The molecular formula is C12H17NO. The summed E-state index contributed by atoms with van der Waals surface area (Å²) in [7, 11) is 1.84. The van der Waals surface area contributed by atoms with Gasteiger partial charge in [0, 0.05) is 19.2 Å². The van der Waals surface area contributed by atoms with Crippen LogP contribution in [0.4, 0.5) is 0 Å². The fourth-order valence-corrected chi connectivity index (χ4v) is 1.43. The van der Waals surface area contributed by atoms with Crippen molar-refractivity contribution in [1.29, 1.82) is 0 Å². The minimum atomic E-state index is 0.0966. The maximum Gasteiger partial charge on any atom is 0.253 e. The van der Waals surface area contributed by atoms with Crippen molar-refractivity contribution in [2.45, 2.75) is 13.8 Å². The Kier molecular flexibility index (Phi) is 3.69. The molecular weight excluding hydrogens is 174 g/mol. The first-order valence-electron chi connectivity index (χ1n) is 4.91. The predicted molar refractivity (Wildman–Crippen MR) is 58.2 cm³/mol. The van der Waals surface area contributed by atoms with Crippen LogP contribution in [-0.4, -0.2) is 24.4 Å². The molecule has 1 rings (SSSR count). The van der Waals surface area contributed by atoms with Crippen LogP contribution in [0.25, 0.3) is 0 Å². The van der Waals surface area contributed by atoms with Gasteiger partial charge in [0.25, 0.3) is 5.91 Å². The van der Waals surface area contributed by atoms with Crippen molar-refractivity contribution in [3.8, 4) is 0 Å². The summed E-state index contributed by atoms with van der Waals surface area (Å²) in [6.07, 6.45) is 0. The molecule has 0 fully saturated rings. The van der Waals surface area contributed by atoms with E-state index in [4.69, 9.17) is 0 Å². The number of nitrogens with zero attached hydrogens (tertiary/aromatic N) is 1. The molecule has 1 aromatic rings. The van der Waals surface area contributed by atoms with Crippen LogP contribution in [0.3, 0.4) is 0 Å². The topological polar surface area (TPSA) is 20.3 Å². The molecule has 0 N–H and O–H groups in total. The Balaban J connectivity index is 2.66. The van der Waals surface area contributed by atoms with E-state index < -0.39 is 0 Å². The fourth-order valence-electron chi connectivity index (χ4n) is 1.43. The van der Waals surface area contributed by atoms with E-state index in [1.165, 1.54) is 0 Å². The van der Waals surface area contributed by atoms with Gasteiger partial charge in [-0.3, -0.25) is 4.79 Å². The van der Waals surface area contributed by atoms with E-state index in [9.17, 15) is 4.79 Å². The summed E-state index contributed by atoms with van der Waals surface area (Å²) in [5.41, 5.74) is 0.760. The Morgan fingerprint density at radius 1 is 1.29 bits per heavy atom. The number of amides is 1. The lowest BCUT2D eigenvalue weighted by Crippen LogP contribution is -2.30. The Labute approximate surface area is 85.5 Å². The molecule has 1 amide bonds. The van der Waals surface area contributed by atoms with E-state index in [0.717, 1.165) is 12.1 Å². The molecule has 0 aliphatic rings. The Hall–Kier alpha value is -1.31. The third kappa shape index (κ3) is 2.87. The number of carbonyl (C=O) groups is 1. The molecule has 0 atom stereocenters. The van der Waals surface area contributed by atoms with E-state index in [0.29, 0.717) is 5.92 Å². The van der Waals surface area contributed by atoms with Gasteiger partial charge in [0.05, 0.1) is 0 Å². The van der Waals surface area contributed by atoms with Gasteiger partial charge >= 0.3 is 0 Å². The minimum absolute atomic E-state index is 0.0966. The fraction of sp³-hybridized carbons (Fsp3) is 0.417. The zero-order chi connectivity index (χ0) is 10.6. The highest BCUT2D eigenvalue weighted by Crippen LogP contribution is 2.05. The molecule has 14 heavy (non-hydrogen) atoms. The lowest BCUT2D eigenvalue weighted by Gasteiger charge is -2.19. The molecule has 0 heterocycles. The van der Waals surface area contributed by atoms with Crippen molar-refractivity contribution in [1.82, 2.24) is 4.90 Å². The molecule has 0 saturated carbocycles. The zero-order valence-electron chi connectivity index (χ0n) is 9.03. The quantitative estimate of drug-likeness (QED) is 0.718. The summed E-state index contributed by atoms with van der Waals surface area (Å²) in [6.45, 7) is 5.01. The van der Waals surface area contributed by atoms with Crippen LogP contribution in [0.2, 0.25) is 0 Å². The average molecular weight is 191 g/mol. The average Bonchev–Trinajstić information content (AvgIpc) is 2.17. The van der Waals surface area contributed by atoms with Crippen LogP contribution in [-0.2, 0) is 0 Å². The summed E-state index contributed by atoms with van der Waals surface area (Å²) < 4.78 is 0. The second kappa shape index (κ2) is 4.80. The molecule has 76 valence electrons. The van der Waals surface area contributed by atoms with E-state index >= 15 is 0 Å². The van der Waals surface area contributed by atoms with Crippen LogP contribution in [0, 0.1) is 5.92 Å².